The van der Waals surface area contributed by atoms with E-state index in [1.807, 2.05) is 6.92 Å². The van der Waals surface area contributed by atoms with Crippen molar-refractivity contribution < 1.29 is 17.9 Å². The molecule has 136 valence electrons. The van der Waals surface area contributed by atoms with Crippen molar-refractivity contribution in [2.24, 2.45) is 0 Å². The average molecular weight is 366 g/mol. The zero-order valence-electron chi connectivity index (χ0n) is 14.4. The number of aryl methyl sites for hydroxylation is 2. The Balaban J connectivity index is 1.84. The summed E-state index contributed by atoms with van der Waals surface area (Å²) >= 11 is 0. The molecule has 2 aromatic rings. The second-order valence-electron chi connectivity index (χ2n) is 5.71. The minimum absolute atomic E-state index is 0.0693. The van der Waals surface area contributed by atoms with E-state index in [-0.39, 0.29) is 23.7 Å². The molecular weight excluding hydrogens is 344 g/mol. The first-order chi connectivity index (χ1) is 11.9. The molecule has 0 saturated carbocycles. The van der Waals surface area contributed by atoms with Crippen molar-refractivity contribution in [1.82, 2.24) is 20.2 Å². The van der Waals surface area contributed by atoms with E-state index in [1.54, 1.807) is 16.8 Å². The van der Waals surface area contributed by atoms with E-state index in [4.69, 9.17) is 4.74 Å². The number of carbonyl (C=O) groups is 1. The molecule has 0 spiro atoms. The number of esters is 1. The fraction of sp³-hybridized carbons (Fsp3) is 0.500. The molecule has 0 atom stereocenters. The zero-order valence-corrected chi connectivity index (χ0v) is 15.2. The van der Waals surface area contributed by atoms with Crippen LogP contribution >= 0.6 is 0 Å². The first-order valence-electron chi connectivity index (χ1n) is 8.12. The molecule has 0 radical (unpaired) electrons. The predicted octanol–water partition coefficient (Wildman–Crippen LogP) is 1.69. The first kappa shape index (κ1) is 19.0. The van der Waals surface area contributed by atoms with Gasteiger partial charge in [-0.15, -0.1) is 5.10 Å². The lowest BCUT2D eigenvalue weighted by molar-refractivity contribution is -0.144. The summed E-state index contributed by atoms with van der Waals surface area (Å²) < 4.78 is 31.1. The fourth-order valence-corrected chi connectivity index (χ4v) is 3.33. The van der Waals surface area contributed by atoms with E-state index in [0.717, 1.165) is 18.4 Å². The van der Waals surface area contributed by atoms with Crippen molar-refractivity contribution in [3.63, 3.8) is 0 Å². The van der Waals surface area contributed by atoms with Gasteiger partial charge < -0.3 is 4.74 Å². The van der Waals surface area contributed by atoms with E-state index >= 15 is 0 Å². The maximum absolute atomic E-state index is 12.2. The van der Waals surface area contributed by atoms with Crippen molar-refractivity contribution in [3.8, 4) is 0 Å². The van der Waals surface area contributed by atoms with E-state index < -0.39 is 15.8 Å². The number of unbranched alkanes of at least 4 members (excludes halogenated alkanes) is 1. The van der Waals surface area contributed by atoms with E-state index in [0.29, 0.717) is 12.4 Å². The van der Waals surface area contributed by atoms with Gasteiger partial charge in [-0.2, -0.15) is 0 Å². The Hall–Kier alpha value is -2.29. The fourth-order valence-electron chi connectivity index (χ4n) is 2.11. The average Bonchev–Trinajstić information content (AvgIpc) is 3.04. The molecule has 0 fully saturated rings. The Morgan fingerprint density at radius 1 is 1.24 bits per heavy atom. The number of nitrogens with zero attached hydrogens (tertiary/aromatic N) is 4. The van der Waals surface area contributed by atoms with Crippen molar-refractivity contribution in [3.05, 3.63) is 35.7 Å². The quantitative estimate of drug-likeness (QED) is 0.622. The number of hydrogen-bond acceptors (Lipinski definition) is 7. The molecule has 25 heavy (non-hydrogen) atoms. The number of rotatable bonds is 9. The standard InChI is InChI=1S/C16H22N4O4S/c1-3-4-10-20-15(17-18-19-20)12-24-16(21)9-11-25(22,23)14-7-5-13(2)6-8-14/h5-8H,3-4,9-12H2,1-2H3. The number of hydrogen-bond donors (Lipinski definition) is 0. The third-order valence-electron chi connectivity index (χ3n) is 3.65. The SMILES string of the molecule is CCCCn1nnnc1COC(=O)CCS(=O)(=O)c1ccc(C)cc1. The van der Waals surface area contributed by atoms with Crippen molar-refractivity contribution in [2.45, 2.75) is 51.2 Å². The Bertz CT molecular complexity index is 800. The van der Waals surface area contributed by atoms with Crippen LogP contribution in [-0.2, 0) is 32.5 Å². The molecule has 9 heteroatoms. The molecule has 1 aromatic carbocycles. The molecule has 8 nitrogen and oxygen atoms in total. The Morgan fingerprint density at radius 2 is 1.96 bits per heavy atom. The summed E-state index contributed by atoms with van der Waals surface area (Å²) in [5, 5.41) is 11.2. The number of carbonyl (C=O) groups excluding carboxylic acids is 1. The second kappa shape index (κ2) is 8.70. The number of tetrazole rings is 1. The highest BCUT2D eigenvalue weighted by molar-refractivity contribution is 7.91. The van der Waals surface area contributed by atoms with Crippen LogP contribution in [0.4, 0.5) is 0 Å². The van der Waals surface area contributed by atoms with E-state index in [2.05, 4.69) is 22.4 Å². The molecule has 0 saturated heterocycles. The van der Waals surface area contributed by atoms with Crippen LogP contribution in [-0.4, -0.2) is 40.3 Å². The van der Waals surface area contributed by atoms with Gasteiger partial charge in [-0.1, -0.05) is 31.0 Å². The largest absolute Gasteiger partial charge is 0.457 e. The zero-order chi connectivity index (χ0) is 18.3. The van der Waals surface area contributed by atoms with Crippen LogP contribution in [0.25, 0.3) is 0 Å². The normalized spacial score (nSPS) is 11.4. The van der Waals surface area contributed by atoms with Gasteiger partial charge in [0.15, 0.2) is 22.3 Å². The molecule has 0 amide bonds. The lowest BCUT2D eigenvalue weighted by atomic mass is 10.2. The minimum Gasteiger partial charge on any atom is -0.457 e. The predicted molar refractivity (Wildman–Crippen MR) is 90.4 cm³/mol. The van der Waals surface area contributed by atoms with Crippen LogP contribution in [0.3, 0.4) is 0 Å². The molecule has 0 N–H and O–H groups in total. The van der Waals surface area contributed by atoms with Gasteiger partial charge in [0.25, 0.3) is 0 Å². The summed E-state index contributed by atoms with van der Waals surface area (Å²) in [5.74, 6) is -0.445. The maximum Gasteiger partial charge on any atom is 0.307 e. The molecule has 0 aliphatic carbocycles. The lowest BCUT2D eigenvalue weighted by Crippen LogP contribution is -2.15. The molecule has 1 heterocycles. The van der Waals surface area contributed by atoms with Gasteiger partial charge in [0, 0.05) is 6.54 Å². The number of aromatic nitrogens is 4. The molecule has 1 aromatic heterocycles. The summed E-state index contributed by atoms with van der Waals surface area (Å²) in [4.78, 5) is 12.0. The van der Waals surface area contributed by atoms with E-state index in [9.17, 15) is 13.2 Å². The summed E-state index contributed by atoms with van der Waals surface area (Å²) in [7, 11) is -3.51. The van der Waals surface area contributed by atoms with Crippen LogP contribution in [0.2, 0.25) is 0 Å². The molecule has 2 rings (SSSR count). The number of benzene rings is 1. The van der Waals surface area contributed by atoms with Crippen LogP contribution < -0.4 is 0 Å². The smallest absolute Gasteiger partial charge is 0.307 e. The van der Waals surface area contributed by atoms with Crippen LogP contribution in [0.15, 0.2) is 29.2 Å². The number of ether oxygens (including phenoxy) is 1. The van der Waals surface area contributed by atoms with Gasteiger partial charge in [-0.25, -0.2) is 13.1 Å². The second-order valence-corrected chi connectivity index (χ2v) is 7.82. The van der Waals surface area contributed by atoms with Crippen molar-refractivity contribution >= 4 is 15.8 Å². The van der Waals surface area contributed by atoms with Crippen molar-refractivity contribution in [2.75, 3.05) is 5.75 Å². The minimum atomic E-state index is -3.51. The summed E-state index contributed by atoms with van der Waals surface area (Å²) in [6, 6.07) is 6.53. The maximum atomic E-state index is 12.2. The third kappa shape index (κ3) is 5.63. The Morgan fingerprint density at radius 3 is 2.64 bits per heavy atom. The van der Waals surface area contributed by atoms with Gasteiger partial charge in [0.05, 0.1) is 17.1 Å². The lowest BCUT2D eigenvalue weighted by Gasteiger charge is -2.07. The Labute approximate surface area is 147 Å². The first-order valence-corrected chi connectivity index (χ1v) is 9.77. The Kier molecular flexibility index (Phi) is 6.63. The topological polar surface area (TPSA) is 104 Å². The highest BCUT2D eigenvalue weighted by Crippen LogP contribution is 2.13. The van der Waals surface area contributed by atoms with Crippen LogP contribution in [0, 0.1) is 6.92 Å². The summed E-state index contributed by atoms with van der Waals surface area (Å²) in [6.07, 6.45) is 1.70. The number of sulfone groups is 1. The van der Waals surface area contributed by atoms with Crippen molar-refractivity contribution in [1.29, 1.82) is 0 Å². The molecule has 0 unspecified atom stereocenters. The molecule has 0 aliphatic heterocycles. The van der Waals surface area contributed by atoms with Gasteiger partial charge in [0.1, 0.15) is 0 Å². The van der Waals surface area contributed by atoms with Gasteiger partial charge in [-0.05, 0) is 35.9 Å². The van der Waals surface area contributed by atoms with Gasteiger partial charge in [-0.3, -0.25) is 4.79 Å². The third-order valence-corrected chi connectivity index (χ3v) is 5.38. The van der Waals surface area contributed by atoms with Gasteiger partial charge in [0.2, 0.25) is 0 Å². The van der Waals surface area contributed by atoms with Crippen LogP contribution in [0.1, 0.15) is 37.6 Å². The summed E-state index contributed by atoms with van der Waals surface area (Å²) in [6.45, 7) is 4.51. The monoisotopic (exact) mass is 366 g/mol. The molecule has 0 bridgehead atoms. The molecule has 0 aliphatic rings. The molecular formula is C16H22N4O4S. The van der Waals surface area contributed by atoms with E-state index in [1.165, 1.54) is 12.1 Å². The highest BCUT2D eigenvalue weighted by atomic mass is 32.2. The van der Waals surface area contributed by atoms with Gasteiger partial charge >= 0.3 is 5.97 Å². The van der Waals surface area contributed by atoms with Crippen LogP contribution in [0.5, 0.6) is 0 Å². The summed E-state index contributed by atoms with van der Waals surface area (Å²) in [5.41, 5.74) is 0.971. The highest BCUT2D eigenvalue weighted by Gasteiger charge is 2.17.